The maximum atomic E-state index is 9.90. The maximum Gasteiger partial charge on any atom is 0.262 e. The van der Waals surface area contributed by atoms with E-state index in [1.165, 1.54) is 36.4 Å². The van der Waals surface area contributed by atoms with Gasteiger partial charge in [0.05, 0.1) is 44.4 Å². The molecule has 4 rings (SSSR count). The van der Waals surface area contributed by atoms with E-state index in [1.807, 2.05) is 23.5 Å². The molecule has 1 aliphatic rings. The van der Waals surface area contributed by atoms with Crippen molar-refractivity contribution in [1.82, 2.24) is 4.90 Å². The van der Waals surface area contributed by atoms with Crippen LogP contribution in [0.25, 0.3) is 16.3 Å². The van der Waals surface area contributed by atoms with Crippen LogP contribution in [0.4, 0.5) is 5.69 Å². The lowest BCUT2D eigenvalue weighted by atomic mass is 10.2. The third-order valence-corrected chi connectivity index (χ3v) is 8.35. The zero-order valence-corrected chi connectivity index (χ0v) is 24.1. The number of hydrogen-bond donors (Lipinski definition) is 2. The summed E-state index contributed by atoms with van der Waals surface area (Å²) in [7, 11) is 8.58. The fourth-order valence-electron chi connectivity index (χ4n) is 4.12. The molecule has 0 radical (unpaired) electrons. The molecule has 0 atom stereocenters. The number of nitrogens with one attached hydrogen (secondary N) is 1. The summed E-state index contributed by atoms with van der Waals surface area (Å²) in [5.74, 6) is 0.313. The highest BCUT2D eigenvalue weighted by Gasteiger charge is 2.25. The summed E-state index contributed by atoms with van der Waals surface area (Å²) >= 11 is 3.56. The van der Waals surface area contributed by atoms with Crippen LogP contribution in [0.1, 0.15) is 10.6 Å². The molecule has 0 unspecified atom stereocenters. The average Bonchev–Trinajstić information content (AvgIpc) is 3.36. The lowest BCUT2D eigenvalue weighted by Crippen LogP contribution is -3.06. The third-order valence-electron chi connectivity index (χ3n) is 6.13. The molecule has 2 heterocycles. The Bertz CT molecular complexity index is 1350. The Morgan fingerprint density at radius 1 is 1.03 bits per heavy atom. The molecule has 0 saturated heterocycles. The number of phenols is 1. The predicted molar refractivity (Wildman–Crippen MR) is 160 cm³/mol. The number of aromatic hydroxyl groups is 1. The number of aryl methyl sites for hydroxylation is 1. The highest BCUT2D eigenvalue weighted by molar-refractivity contribution is 8.03. The number of quaternary nitrogens is 1. The second-order valence-corrected chi connectivity index (χ2v) is 12.0. The van der Waals surface area contributed by atoms with Crippen molar-refractivity contribution in [3.05, 3.63) is 88.5 Å². The predicted octanol–water partition coefficient (Wildman–Crippen LogP) is 4.49. The Morgan fingerprint density at radius 3 is 2.59 bits per heavy atom. The molecule has 1 aromatic heterocycles. The normalized spacial score (nSPS) is 15.2. The van der Waals surface area contributed by atoms with Crippen molar-refractivity contribution in [3.8, 4) is 5.75 Å². The first kappa shape index (κ1) is 27.2. The van der Waals surface area contributed by atoms with Gasteiger partial charge in [-0.3, -0.25) is 0 Å². The second-order valence-electron chi connectivity index (χ2n) is 9.86. The molecule has 2 N–H and O–H groups in total. The third kappa shape index (κ3) is 7.14. The van der Waals surface area contributed by atoms with Gasteiger partial charge in [-0.25, -0.2) is 0 Å². The van der Waals surface area contributed by atoms with Crippen molar-refractivity contribution in [3.63, 3.8) is 0 Å². The average molecular weight is 535 g/mol. The van der Waals surface area contributed by atoms with Crippen molar-refractivity contribution < 1.29 is 14.6 Å². The number of fused-ring (bicyclic) bond motifs is 2. The van der Waals surface area contributed by atoms with Crippen LogP contribution in [0.15, 0.2) is 82.8 Å². The van der Waals surface area contributed by atoms with E-state index in [9.17, 15) is 5.11 Å². The minimum atomic E-state index is 0.313. The molecule has 0 spiro atoms. The number of likely N-dealkylation sites (N-methyl/N-ethyl adjacent to an activating group) is 2. The van der Waals surface area contributed by atoms with Crippen LogP contribution in [0, 0.1) is 6.92 Å². The molecular formula is C30H38N4OS2+2. The lowest BCUT2D eigenvalue weighted by molar-refractivity contribution is -0.856. The van der Waals surface area contributed by atoms with Crippen molar-refractivity contribution in [1.29, 1.82) is 0 Å². The molecule has 0 aliphatic carbocycles. The van der Waals surface area contributed by atoms with Gasteiger partial charge in [-0.2, -0.15) is 4.57 Å². The summed E-state index contributed by atoms with van der Waals surface area (Å²) in [6, 6.07) is 12.3. The van der Waals surface area contributed by atoms with Gasteiger partial charge in [0.2, 0.25) is 5.52 Å². The Balaban J connectivity index is 1.45. The van der Waals surface area contributed by atoms with E-state index in [1.54, 1.807) is 17.8 Å². The lowest BCUT2D eigenvalue weighted by Gasteiger charge is -2.21. The number of aromatic nitrogens is 1. The number of hydrogen-bond acceptors (Lipinski definition) is 5. The van der Waals surface area contributed by atoms with Crippen LogP contribution < -0.4 is 14.4 Å². The SMILES string of the molecule is Cc1ccc2c(c1)sc(C=CC=CC=CC=C1Sc3cc(O)ccc3N1CC[NH+](C)C)[n+]2CCN(C)C. The van der Waals surface area contributed by atoms with E-state index in [4.69, 9.17) is 0 Å². The molecule has 194 valence electrons. The van der Waals surface area contributed by atoms with Gasteiger partial charge < -0.3 is 19.8 Å². The van der Waals surface area contributed by atoms with Crippen molar-refractivity contribution >= 4 is 45.1 Å². The summed E-state index contributed by atoms with van der Waals surface area (Å²) in [5, 5.41) is 12.4. The highest BCUT2D eigenvalue weighted by Crippen LogP contribution is 2.46. The van der Waals surface area contributed by atoms with Crippen molar-refractivity contribution in [2.24, 2.45) is 0 Å². The zero-order chi connectivity index (χ0) is 26.4. The molecule has 2 aromatic carbocycles. The van der Waals surface area contributed by atoms with E-state index >= 15 is 0 Å². The topological polar surface area (TPSA) is 35.0 Å². The number of benzene rings is 2. The molecule has 3 aromatic rings. The molecule has 1 aliphatic heterocycles. The molecule has 0 bridgehead atoms. The van der Waals surface area contributed by atoms with E-state index in [2.05, 4.69) is 110 Å². The highest BCUT2D eigenvalue weighted by atomic mass is 32.2. The van der Waals surface area contributed by atoms with Crippen LogP contribution in [0.5, 0.6) is 5.75 Å². The Kier molecular flexibility index (Phi) is 9.27. The fourth-order valence-corrected chi connectivity index (χ4v) is 6.45. The first-order chi connectivity index (χ1) is 17.8. The quantitative estimate of drug-likeness (QED) is 0.297. The van der Waals surface area contributed by atoms with Crippen LogP contribution in [0.2, 0.25) is 0 Å². The van der Waals surface area contributed by atoms with Crippen molar-refractivity contribution in [2.45, 2.75) is 18.4 Å². The fraction of sp³-hybridized carbons (Fsp3) is 0.300. The van der Waals surface area contributed by atoms with Crippen LogP contribution in [-0.4, -0.2) is 57.8 Å². The molecule has 5 nitrogen and oxygen atoms in total. The number of anilines is 1. The van der Waals surface area contributed by atoms with E-state index in [0.29, 0.717) is 5.75 Å². The molecule has 0 saturated carbocycles. The maximum absolute atomic E-state index is 9.90. The summed E-state index contributed by atoms with van der Waals surface area (Å²) in [6.45, 7) is 6.11. The van der Waals surface area contributed by atoms with E-state index in [-0.39, 0.29) is 0 Å². The number of rotatable bonds is 10. The number of allylic oxidation sites excluding steroid dienone is 6. The summed E-state index contributed by atoms with van der Waals surface area (Å²) < 4.78 is 3.75. The van der Waals surface area contributed by atoms with Crippen LogP contribution in [0.3, 0.4) is 0 Å². The van der Waals surface area contributed by atoms with Gasteiger partial charge >= 0.3 is 0 Å². The number of thiazole rings is 1. The van der Waals surface area contributed by atoms with Gasteiger partial charge in [0, 0.05) is 17.0 Å². The van der Waals surface area contributed by atoms with Crippen LogP contribution >= 0.6 is 23.1 Å². The van der Waals surface area contributed by atoms with Crippen LogP contribution in [-0.2, 0) is 6.54 Å². The summed E-state index contributed by atoms with van der Waals surface area (Å²) in [5.41, 5.74) is 3.77. The van der Waals surface area contributed by atoms with Gasteiger partial charge in [0.15, 0.2) is 6.54 Å². The molecule has 37 heavy (non-hydrogen) atoms. The minimum absolute atomic E-state index is 0.313. The zero-order valence-electron chi connectivity index (χ0n) is 22.4. The smallest absolute Gasteiger partial charge is 0.262 e. The van der Waals surface area contributed by atoms with Gasteiger partial charge in [-0.05, 0) is 56.9 Å². The Morgan fingerprint density at radius 2 is 1.81 bits per heavy atom. The number of nitrogens with zero attached hydrogens (tertiary/aromatic N) is 3. The molecular weight excluding hydrogens is 496 g/mol. The Labute approximate surface area is 229 Å². The first-order valence-corrected chi connectivity index (χ1v) is 14.3. The van der Waals surface area contributed by atoms with E-state index in [0.717, 1.165) is 31.1 Å². The van der Waals surface area contributed by atoms with Crippen molar-refractivity contribution in [2.75, 3.05) is 52.7 Å². The largest absolute Gasteiger partial charge is 0.508 e. The summed E-state index contributed by atoms with van der Waals surface area (Å²) in [6.07, 6.45) is 14.8. The summed E-state index contributed by atoms with van der Waals surface area (Å²) in [4.78, 5) is 7.09. The van der Waals surface area contributed by atoms with E-state index < -0.39 is 0 Å². The van der Waals surface area contributed by atoms with Gasteiger partial charge in [-0.15, -0.1) is 0 Å². The standard InChI is InChI=1S/C30H36N4OS2/c1-23-13-15-25-27(21-23)36-29(33(25)19-17-31(2)3)11-9-7-6-8-10-12-30-34(20-18-32(4)5)26-16-14-24(35)22-28(26)37-30/h6-16,21-22H,17-20H2,1-5H3/p+2. The van der Waals surface area contributed by atoms with Gasteiger partial charge in [0.1, 0.15) is 10.4 Å². The second kappa shape index (κ2) is 12.6. The van der Waals surface area contributed by atoms with Gasteiger partial charge in [-0.1, -0.05) is 59.5 Å². The minimum Gasteiger partial charge on any atom is -0.508 e. The Hall–Kier alpha value is -2.84. The monoisotopic (exact) mass is 534 g/mol. The number of thioether (sulfide) groups is 1. The molecule has 7 heteroatoms. The number of phenolic OH excluding ortho intramolecular Hbond substituents is 1. The first-order valence-electron chi connectivity index (χ1n) is 12.7. The van der Waals surface area contributed by atoms with Gasteiger partial charge in [0.25, 0.3) is 5.01 Å². The molecule has 0 fully saturated rings. The molecule has 0 amide bonds.